The van der Waals surface area contributed by atoms with E-state index in [2.05, 4.69) is 9.47 Å². The van der Waals surface area contributed by atoms with E-state index >= 15 is 0 Å². The summed E-state index contributed by atoms with van der Waals surface area (Å²) in [4.78, 5) is 17.5. The molecule has 1 aliphatic rings. The van der Waals surface area contributed by atoms with Crippen molar-refractivity contribution in [1.29, 1.82) is 0 Å². The molecule has 0 bridgehead atoms. The van der Waals surface area contributed by atoms with Crippen LogP contribution in [-0.2, 0) is 6.54 Å². The summed E-state index contributed by atoms with van der Waals surface area (Å²) in [5.41, 5.74) is 3.82. The number of carbonyl (C=O) groups excluding carboxylic acids is 1. The third-order valence-corrected chi connectivity index (χ3v) is 5.61. The topological polar surface area (TPSA) is 50.9 Å². The number of methoxy groups -OCH3 is 1. The van der Waals surface area contributed by atoms with Crippen LogP contribution in [0.1, 0.15) is 27.5 Å². The van der Waals surface area contributed by atoms with Gasteiger partial charge in [0.25, 0.3) is 5.91 Å². The van der Waals surface area contributed by atoms with Crippen LogP contribution in [0.4, 0.5) is 0 Å². The predicted molar refractivity (Wildman–Crippen MR) is 112 cm³/mol. The number of aromatic nitrogens is 1. The quantitative estimate of drug-likeness (QED) is 0.664. The monoisotopic (exact) mass is 393 g/mol. The standard InChI is InChI=1S/C23H27N3O3/c1-17-15-22(18(2)26(17)19-6-8-20(28-3)9-7-19)23(27)25-12-10-24(11-13-25)16-21-5-4-14-29-21/h4-9,14-15H,10-13,16H2,1-3H3. The number of carbonyl (C=O) groups is 1. The first-order valence-electron chi connectivity index (χ1n) is 9.94. The molecular weight excluding hydrogens is 366 g/mol. The summed E-state index contributed by atoms with van der Waals surface area (Å²) in [6, 6.07) is 13.8. The Morgan fingerprint density at radius 3 is 2.41 bits per heavy atom. The highest BCUT2D eigenvalue weighted by Crippen LogP contribution is 2.24. The summed E-state index contributed by atoms with van der Waals surface area (Å²) < 4.78 is 12.8. The molecule has 3 heterocycles. The fraction of sp³-hybridized carbons (Fsp3) is 0.348. The van der Waals surface area contributed by atoms with E-state index in [1.807, 2.05) is 61.2 Å². The third kappa shape index (κ3) is 3.93. The van der Waals surface area contributed by atoms with Gasteiger partial charge in [0.15, 0.2) is 0 Å². The number of ether oxygens (including phenoxy) is 1. The molecule has 2 aromatic heterocycles. The third-order valence-electron chi connectivity index (χ3n) is 5.61. The number of rotatable bonds is 5. The van der Waals surface area contributed by atoms with Gasteiger partial charge in [-0.25, -0.2) is 0 Å². The molecule has 6 nitrogen and oxygen atoms in total. The largest absolute Gasteiger partial charge is 0.497 e. The molecule has 6 heteroatoms. The zero-order chi connectivity index (χ0) is 20.4. The molecule has 4 rings (SSSR count). The average Bonchev–Trinajstić information content (AvgIpc) is 3.35. The maximum absolute atomic E-state index is 13.2. The van der Waals surface area contributed by atoms with Gasteiger partial charge in [0, 0.05) is 43.3 Å². The summed E-state index contributed by atoms with van der Waals surface area (Å²) >= 11 is 0. The van der Waals surface area contributed by atoms with Gasteiger partial charge < -0.3 is 18.6 Å². The van der Waals surface area contributed by atoms with Crippen molar-refractivity contribution in [3.8, 4) is 11.4 Å². The lowest BCUT2D eigenvalue weighted by Gasteiger charge is -2.34. The van der Waals surface area contributed by atoms with Crippen LogP contribution in [0.15, 0.2) is 53.1 Å². The molecule has 1 aliphatic heterocycles. The molecule has 0 radical (unpaired) electrons. The minimum atomic E-state index is 0.107. The Labute approximate surface area is 171 Å². The van der Waals surface area contributed by atoms with Crippen molar-refractivity contribution in [2.24, 2.45) is 0 Å². The van der Waals surface area contributed by atoms with E-state index in [0.717, 1.165) is 66.9 Å². The lowest BCUT2D eigenvalue weighted by atomic mass is 10.2. The second-order valence-electron chi connectivity index (χ2n) is 7.47. The van der Waals surface area contributed by atoms with Crippen molar-refractivity contribution in [2.75, 3.05) is 33.3 Å². The Hall–Kier alpha value is -2.99. The summed E-state index contributed by atoms with van der Waals surface area (Å²) in [6.45, 7) is 8.00. The minimum absolute atomic E-state index is 0.107. The van der Waals surface area contributed by atoms with Gasteiger partial charge in [0.2, 0.25) is 0 Å². The van der Waals surface area contributed by atoms with Crippen LogP contribution >= 0.6 is 0 Å². The first kappa shape index (κ1) is 19.3. The van der Waals surface area contributed by atoms with Gasteiger partial charge in [0.1, 0.15) is 11.5 Å². The van der Waals surface area contributed by atoms with Crippen molar-refractivity contribution in [2.45, 2.75) is 20.4 Å². The highest BCUT2D eigenvalue weighted by molar-refractivity contribution is 5.96. The average molecular weight is 393 g/mol. The fourth-order valence-corrected chi connectivity index (χ4v) is 4.01. The molecule has 1 amide bonds. The first-order valence-corrected chi connectivity index (χ1v) is 9.94. The minimum Gasteiger partial charge on any atom is -0.497 e. The van der Waals surface area contributed by atoms with Gasteiger partial charge in [-0.15, -0.1) is 0 Å². The molecule has 3 aromatic rings. The van der Waals surface area contributed by atoms with E-state index in [0.29, 0.717) is 0 Å². The Morgan fingerprint density at radius 1 is 1.07 bits per heavy atom. The van der Waals surface area contributed by atoms with Gasteiger partial charge in [-0.3, -0.25) is 9.69 Å². The smallest absolute Gasteiger partial charge is 0.255 e. The molecule has 0 unspecified atom stereocenters. The zero-order valence-corrected chi connectivity index (χ0v) is 17.2. The van der Waals surface area contributed by atoms with Crippen molar-refractivity contribution in [3.63, 3.8) is 0 Å². The Balaban J connectivity index is 1.46. The van der Waals surface area contributed by atoms with Crippen LogP contribution in [0, 0.1) is 13.8 Å². The fourth-order valence-electron chi connectivity index (χ4n) is 4.01. The summed E-state index contributed by atoms with van der Waals surface area (Å²) in [5, 5.41) is 0. The number of piperazine rings is 1. The number of nitrogens with zero attached hydrogens (tertiary/aromatic N) is 3. The number of aryl methyl sites for hydroxylation is 1. The van der Waals surface area contributed by atoms with E-state index in [1.54, 1.807) is 13.4 Å². The van der Waals surface area contributed by atoms with Crippen molar-refractivity contribution < 1.29 is 13.9 Å². The van der Waals surface area contributed by atoms with Crippen molar-refractivity contribution in [1.82, 2.24) is 14.4 Å². The molecule has 0 spiro atoms. The zero-order valence-electron chi connectivity index (χ0n) is 17.2. The second-order valence-corrected chi connectivity index (χ2v) is 7.47. The molecule has 152 valence electrons. The van der Waals surface area contributed by atoms with Crippen LogP contribution in [0.3, 0.4) is 0 Å². The highest BCUT2D eigenvalue weighted by atomic mass is 16.5. The number of amides is 1. The maximum Gasteiger partial charge on any atom is 0.255 e. The SMILES string of the molecule is COc1ccc(-n2c(C)cc(C(=O)N3CCN(Cc4ccco4)CC3)c2C)cc1. The molecule has 1 fully saturated rings. The van der Waals surface area contributed by atoms with E-state index in [-0.39, 0.29) is 5.91 Å². The highest BCUT2D eigenvalue weighted by Gasteiger charge is 2.25. The van der Waals surface area contributed by atoms with Gasteiger partial charge in [-0.05, 0) is 56.3 Å². The Bertz CT molecular complexity index is 966. The van der Waals surface area contributed by atoms with E-state index < -0.39 is 0 Å². The molecule has 1 saturated heterocycles. The van der Waals surface area contributed by atoms with Crippen LogP contribution in [0.25, 0.3) is 5.69 Å². The molecule has 1 aromatic carbocycles. The molecule has 0 saturated carbocycles. The number of furan rings is 1. The lowest BCUT2D eigenvalue weighted by molar-refractivity contribution is 0.0619. The summed E-state index contributed by atoms with van der Waals surface area (Å²) in [7, 11) is 1.66. The van der Waals surface area contributed by atoms with E-state index in [4.69, 9.17) is 9.15 Å². The summed E-state index contributed by atoms with van der Waals surface area (Å²) in [5.74, 6) is 1.89. The number of benzene rings is 1. The molecule has 0 aliphatic carbocycles. The first-order chi connectivity index (χ1) is 14.1. The summed E-state index contributed by atoms with van der Waals surface area (Å²) in [6.07, 6.45) is 1.70. The maximum atomic E-state index is 13.2. The normalized spacial score (nSPS) is 14.9. The predicted octanol–water partition coefficient (Wildman–Crippen LogP) is 3.65. The molecule has 0 N–H and O–H groups in total. The van der Waals surface area contributed by atoms with Gasteiger partial charge >= 0.3 is 0 Å². The van der Waals surface area contributed by atoms with Crippen LogP contribution in [-0.4, -0.2) is 53.6 Å². The number of hydrogen-bond acceptors (Lipinski definition) is 4. The van der Waals surface area contributed by atoms with Crippen molar-refractivity contribution in [3.05, 3.63) is 71.4 Å². The van der Waals surface area contributed by atoms with Gasteiger partial charge in [-0.2, -0.15) is 0 Å². The Morgan fingerprint density at radius 2 is 1.79 bits per heavy atom. The van der Waals surface area contributed by atoms with Gasteiger partial charge in [-0.1, -0.05) is 0 Å². The van der Waals surface area contributed by atoms with Crippen LogP contribution in [0.5, 0.6) is 5.75 Å². The Kier molecular flexibility index (Phi) is 5.45. The second kappa shape index (κ2) is 8.17. The lowest BCUT2D eigenvalue weighted by Crippen LogP contribution is -2.48. The van der Waals surface area contributed by atoms with Crippen molar-refractivity contribution >= 4 is 5.91 Å². The van der Waals surface area contributed by atoms with Gasteiger partial charge in [0.05, 0.1) is 25.5 Å². The molecule has 29 heavy (non-hydrogen) atoms. The van der Waals surface area contributed by atoms with E-state index in [1.165, 1.54) is 0 Å². The molecular formula is C23H27N3O3. The number of hydrogen-bond donors (Lipinski definition) is 0. The van der Waals surface area contributed by atoms with E-state index in [9.17, 15) is 4.79 Å². The van der Waals surface area contributed by atoms with Crippen LogP contribution in [0.2, 0.25) is 0 Å². The van der Waals surface area contributed by atoms with Crippen LogP contribution < -0.4 is 4.74 Å². The molecule has 0 atom stereocenters.